The van der Waals surface area contributed by atoms with E-state index in [9.17, 15) is 9.59 Å². The summed E-state index contributed by atoms with van der Waals surface area (Å²) in [4.78, 5) is 28.2. The largest absolute Gasteiger partial charge is 0.349 e. The molecule has 1 aliphatic carbocycles. The smallest absolute Gasteiger partial charge is 0.253 e. The Balaban J connectivity index is 1.79. The highest BCUT2D eigenvalue weighted by Crippen LogP contribution is 2.22. The van der Waals surface area contributed by atoms with Crippen LogP contribution in [0.2, 0.25) is 0 Å². The Morgan fingerprint density at radius 2 is 1.75 bits per heavy atom. The molecule has 0 radical (unpaired) electrons. The fourth-order valence-electron chi connectivity index (χ4n) is 3.16. The van der Waals surface area contributed by atoms with Gasteiger partial charge in [0.05, 0.1) is 5.56 Å². The molecule has 0 spiro atoms. The maximum atomic E-state index is 12.5. The van der Waals surface area contributed by atoms with Crippen LogP contribution in [0.25, 0.3) is 11.1 Å². The summed E-state index contributed by atoms with van der Waals surface area (Å²) >= 11 is 0. The van der Waals surface area contributed by atoms with Crippen LogP contribution >= 0.6 is 0 Å². The van der Waals surface area contributed by atoms with Crippen LogP contribution < -0.4 is 5.32 Å². The van der Waals surface area contributed by atoms with E-state index < -0.39 is 0 Å². The van der Waals surface area contributed by atoms with Crippen molar-refractivity contribution < 1.29 is 9.59 Å². The lowest BCUT2D eigenvalue weighted by Gasteiger charge is -2.22. The molecule has 1 aromatic heterocycles. The molecule has 1 aromatic carbocycles. The quantitative estimate of drug-likeness (QED) is 0.865. The number of Topliss-reactive ketones (excluding diaryl/α,β-unsaturated/α-hetero) is 1. The summed E-state index contributed by atoms with van der Waals surface area (Å²) in [7, 11) is 0. The van der Waals surface area contributed by atoms with Crippen molar-refractivity contribution in [3.8, 4) is 11.1 Å². The molecule has 4 heteroatoms. The minimum absolute atomic E-state index is 0.0241. The van der Waals surface area contributed by atoms with Crippen molar-refractivity contribution in [3.63, 3.8) is 0 Å². The van der Waals surface area contributed by atoms with E-state index >= 15 is 0 Å². The number of benzene rings is 1. The van der Waals surface area contributed by atoms with Gasteiger partial charge in [0.2, 0.25) is 0 Å². The van der Waals surface area contributed by atoms with E-state index in [0.29, 0.717) is 11.1 Å². The number of amides is 1. The van der Waals surface area contributed by atoms with Gasteiger partial charge in [-0.15, -0.1) is 0 Å². The molecule has 0 atom stereocenters. The van der Waals surface area contributed by atoms with Gasteiger partial charge in [-0.1, -0.05) is 37.5 Å². The van der Waals surface area contributed by atoms with Gasteiger partial charge in [0, 0.05) is 29.6 Å². The number of hydrogen-bond acceptors (Lipinski definition) is 3. The molecule has 1 saturated carbocycles. The molecule has 0 unspecified atom stereocenters. The van der Waals surface area contributed by atoms with Crippen LogP contribution in [0.3, 0.4) is 0 Å². The zero-order chi connectivity index (χ0) is 16.9. The monoisotopic (exact) mass is 322 g/mol. The summed E-state index contributed by atoms with van der Waals surface area (Å²) in [5.74, 6) is -0.0463. The molecular formula is C20H22N2O2. The summed E-state index contributed by atoms with van der Waals surface area (Å²) in [6, 6.07) is 9.51. The van der Waals surface area contributed by atoms with E-state index in [1.807, 2.05) is 24.3 Å². The molecule has 0 aliphatic heterocycles. The van der Waals surface area contributed by atoms with Gasteiger partial charge in [0.1, 0.15) is 0 Å². The minimum atomic E-state index is -0.0704. The number of pyridine rings is 1. The molecule has 124 valence electrons. The number of aromatic nitrogens is 1. The van der Waals surface area contributed by atoms with Crippen LogP contribution in [0, 0.1) is 0 Å². The van der Waals surface area contributed by atoms with E-state index in [1.54, 1.807) is 25.4 Å². The molecule has 24 heavy (non-hydrogen) atoms. The highest BCUT2D eigenvalue weighted by atomic mass is 16.1. The molecule has 1 aliphatic rings. The van der Waals surface area contributed by atoms with Gasteiger partial charge < -0.3 is 5.32 Å². The van der Waals surface area contributed by atoms with Crippen molar-refractivity contribution in [3.05, 3.63) is 53.9 Å². The molecule has 0 bridgehead atoms. The van der Waals surface area contributed by atoms with Crippen molar-refractivity contribution in [1.29, 1.82) is 0 Å². The highest BCUT2D eigenvalue weighted by molar-refractivity contribution is 5.96. The predicted octanol–water partition coefficient (Wildman–Crippen LogP) is 4.01. The second-order valence-electron chi connectivity index (χ2n) is 6.41. The number of ketones is 1. The summed E-state index contributed by atoms with van der Waals surface area (Å²) in [6.07, 6.45) is 9.05. The van der Waals surface area contributed by atoms with E-state index in [0.717, 1.165) is 24.0 Å². The molecule has 0 saturated heterocycles. The molecule has 4 nitrogen and oxygen atoms in total. The first-order valence-electron chi connectivity index (χ1n) is 8.51. The van der Waals surface area contributed by atoms with Gasteiger partial charge in [-0.2, -0.15) is 0 Å². The Hall–Kier alpha value is -2.49. The fraction of sp³-hybridized carbons (Fsp3) is 0.350. The molecular weight excluding hydrogens is 300 g/mol. The Labute approximate surface area is 142 Å². The Kier molecular flexibility index (Phi) is 5.04. The lowest BCUT2D eigenvalue weighted by molar-refractivity contribution is 0.0926. The SMILES string of the molecule is CC(=O)c1cccc(-c2cncc(C(=O)NC3CCCCC3)c2)c1. The first kappa shape index (κ1) is 16.4. The van der Waals surface area contributed by atoms with Crippen molar-refractivity contribution in [2.75, 3.05) is 0 Å². The zero-order valence-corrected chi connectivity index (χ0v) is 13.9. The van der Waals surface area contributed by atoms with Crippen molar-refractivity contribution in [2.45, 2.75) is 45.1 Å². The number of carbonyl (C=O) groups excluding carboxylic acids is 2. The van der Waals surface area contributed by atoms with Gasteiger partial charge >= 0.3 is 0 Å². The van der Waals surface area contributed by atoms with E-state index in [2.05, 4.69) is 10.3 Å². The molecule has 1 heterocycles. The van der Waals surface area contributed by atoms with Crippen LogP contribution in [-0.4, -0.2) is 22.7 Å². The van der Waals surface area contributed by atoms with Crippen molar-refractivity contribution in [1.82, 2.24) is 10.3 Å². The predicted molar refractivity (Wildman–Crippen MR) is 94.0 cm³/mol. The Morgan fingerprint density at radius 3 is 2.50 bits per heavy atom. The van der Waals surface area contributed by atoms with E-state index in [-0.39, 0.29) is 17.7 Å². The van der Waals surface area contributed by atoms with E-state index in [4.69, 9.17) is 0 Å². The fourth-order valence-corrected chi connectivity index (χ4v) is 3.16. The molecule has 1 fully saturated rings. The van der Waals surface area contributed by atoms with Crippen LogP contribution in [0.15, 0.2) is 42.7 Å². The summed E-state index contributed by atoms with van der Waals surface area (Å²) in [6.45, 7) is 1.55. The molecule has 3 rings (SSSR count). The average molecular weight is 322 g/mol. The van der Waals surface area contributed by atoms with Gasteiger partial charge in [0.15, 0.2) is 5.78 Å². The Morgan fingerprint density at radius 1 is 1.00 bits per heavy atom. The lowest BCUT2D eigenvalue weighted by Crippen LogP contribution is -2.36. The third kappa shape index (κ3) is 3.88. The topological polar surface area (TPSA) is 59.1 Å². The molecule has 2 aromatic rings. The number of nitrogens with one attached hydrogen (secondary N) is 1. The number of hydrogen-bond donors (Lipinski definition) is 1. The van der Waals surface area contributed by atoms with Gasteiger partial charge in [-0.3, -0.25) is 14.6 Å². The highest BCUT2D eigenvalue weighted by Gasteiger charge is 2.17. The number of carbonyl (C=O) groups is 2. The third-order valence-corrected chi connectivity index (χ3v) is 4.54. The van der Waals surface area contributed by atoms with Crippen molar-refractivity contribution >= 4 is 11.7 Å². The third-order valence-electron chi connectivity index (χ3n) is 4.54. The number of nitrogens with zero attached hydrogens (tertiary/aromatic N) is 1. The maximum absolute atomic E-state index is 12.5. The standard InChI is InChI=1S/C20H22N2O2/c1-14(23)15-6-5-7-16(10-15)17-11-18(13-21-12-17)20(24)22-19-8-3-2-4-9-19/h5-7,10-13,19H,2-4,8-9H2,1H3,(H,22,24). The maximum Gasteiger partial charge on any atom is 0.253 e. The summed E-state index contributed by atoms with van der Waals surface area (Å²) in [5.41, 5.74) is 2.95. The number of rotatable bonds is 4. The summed E-state index contributed by atoms with van der Waals surface area (Å²) < 4.78 is 0. The molecule has 1 amide bonds. The van der Waals surface area contributed by atoms with Gasteiger partial charge in [0.25, 0.3) is 5.91 Å². The second-order valence-corrected chi connectivity index (χ2v) is 6.41. The van der Waals surface area contributed by atoms with Crippen LogP contribution in [-0.2, 0) is 0 Å². The summed E-state index contributed by atoms with van der Waals surface area (Å²) in [5, 5.41) is 3.11. The van der Waals surface area contributed by atoms with Crippen LogP contribution in [0.4, 0.5) is 0 Å². The lowest BCUT2D eigenvalue weighted by atomic mass is 9.95. The first-order chi connectivity index (χ1) is 11.6. The van der Waals surface area contributed by atoms with Gasteiger partial charge in [-0.05, 0) is 37.5 Å². The first-order valence-corrected chi connectivity index (χ1v) is 8.51. The van der Waals surface area contributed by atoms with Crippen LogP contribution in [0.1, 0.15) is 59.7 Å². The second kappa shape index (κ2) is 7.39. The average Bonchev–Trinajstić information content (AvgIpc) is 2.63. The van der Waals surface area contributed by atoms with E-state index in [1.165, 1.54) is 19.3 Å². The molecule has 1 N–H and O–H groups in total. The normalized spacial score (nSPS) is 15.0. The van der Waals surface area contributed by atoms with Gasteiger partial charge in [-0.25, -0.2) is 0 Å². The Bertz CT molecular complexity index is 749. The van der Waals surface area contributed by atoms with Crippen molar-refractivity contribution in [2.24, 2.45) is 0 Å². The minimum Gasteiger partial charge on any atom is -0.349 e. The zero-order valence-electron chi connectivity index (χ0n) is 13.9. The van der Waals surface area contributed by atoms with Crippen LogP contribution in [0.5, 0.6) is 0 Å².